The quantitative estimate of drug-likeness (QED) is 0.265. The molecule has 0 bridgehead atoms. The van der Waals surface area contributed by atoms with Crippen LogP contribution in [-0.4, -0.2) is 111 Å². The molecule has 0 amide bonds. The second-order valence-electron chi connectivity index (χ2n) is 19.3. The van der Waals surface area contributed by atoms with Gasteiger partial charge in [0.2, 0.25) is 0 Å². The van der Waals surface area contributed by atoms with Crippen LogP contribution in [0.1, 0.15) is 62.5 Å². The van der Waals surface area contributed by atoms with Crippen LogP contribution in [0.25, 0.3) is 0 Å². The van der Waals surface area contributed by atoms with Crippen LogP contribution in [0.2, 0.25) is 0 Å². The van der Waals surface area contributed by atoms with Crippen LogP contribution < -0.4 is 15.0 Å². The summed E-state index contributed by atoms with van der Waals surface area (Å²) in [6.45, 7) is 4.78. The Morgan fingerprint density at radius 1 is 0.981 bits per heavy atom. The summed E-state index contributed by atoms with van der Waals surface area (Å²) in [6, 6.07) is 14.9. The number of benzene rings is 2. The molecule has 54 heavy (non-hydrogen) atoms. The molecule has 9 aliphatic heterocycles. The molecule has 13 rings (SSSR count). The highest BCUT2D eigenvalue weighted by atomic mass is 16.6. The van der Waals surface area contributed by atoms with E-state index in [-0.39, 0.29) is 62.5 Å². The summed E-state index contributed by atoms with van der Waals surface area (Å²) < 4.78 is 25.4. The van der Waals surface area contributed by atoms with Gasteiger partial charge >= 0.3 is 5.97 Å². The van der Waals surface area contributed by atoms with Gasteiger partial charge in [-0.3, -0.25) is 4.90 Å². The zero-order chi connectivity index (χ0) is 36.3. The van der Waals surface area contributed by atoms with E-state index in [9.17, 15) is 9.90 Å². The van der Waals surface area contributed by atoms with E-state index in [1.54, 1.807) is 7.11 Å². The third-order valence-corrected chi connectivity index (χ3v) is 18.0. The smallest absolute Gasteiger partial charge is 0.335 e. The van der Waals surface area contributed by atoms with E-state index in [4.69, 9.17) is 18.9 Å². The summed E-state index contributed by atoms with van der Waals surface area (Å²) in [5.41, 5.74) is 2.97. The summed E-state index contributed by atoms with van der Waals surface area (Å²) in [7, 11) is 3.25. The minimum Gasteiger partial charge on any atom is -0.633 e. The molecule has 9 heterocycles. The molecule has 1 unspecified atom stereocenters. The summed E-state index contributed by atoms with van der Waals surface area (Å²) in [5, 5.41) is 33.0. The molecule has 0 aromatic heterocycles. The number of hydrogen-bond donors (Lipinski definition) is 2. The largest absolute Gasteiger partial charge is 0.633 e. The number of ether oxygens (including phenoxy) is 4. The second kappa shape index (κ2) is 9.66. The molecular weight excluding hydrogens is 684 g/mol. The van der Waals surface area contributed by atoms with E-state index in [0.717, 1.165) is 85.6 Å². The number of hydroxylamine groups is 3. The SMILES string of the molecule is COC(=O)C1=C2Nc3ccccc3[C@@]23CCN2C[C@@]4(C[C@@H]5C[C@]67CCO[C@H]6CC[N+]6([O-])CC[C@@]8(c9cccc(OC)c9N(C4)[C@@]58O)[C@H]76)[C@@H]4OCC[C@]4(C1)[C@H]23. The second-order valence-corrected chi connectivity index (χ2v) is 19.3. The third kappa shape index (κ3) is 3.06. The number of nitrogens with one attached hydrogen (secondary N) is 1. The fourth-order valence-corrected chi connectivity index (χ4v) is 17.1. The van der Waals surface area contributed by atoms with Gasteiger partial charge in [-0.1, -0.05) is 30.3 Å². The van der Waals surface area contributed by atoms with Crippen molar-refractivity contribution in [2.45, 2.75) is 92.2 Å². The van der Waals surface area contributed by atoms with Crippen LogP contribution in [0.15, 0.2) is 53.7 Å². The molecule has 1 saturated carbocycles. The van der Waals surface area contributed by atoms with Crippen LogP contribution in [-0.2, 0) is 29.8 Å². The van der Waals surface area contributed by atoms with Gasteiger partial charge < -0.3 is 44.1 Å². The number of aliphatic hydroxyl groups is 1. The number of hydrogen-bond acceptors (Lipinski definition) is 10. The Morgan fingerprint density at radius 2 is 1.81 bits per heavy atom. The molecule has 2 aromatic carbocycles. The Bertz CT molecular complexity index is 2110. The first kappa shape index (κ1) is 32.0. The monoisotopic (exact) mass is 734 g/mol. The molecule has 11 aliphatic rings. The minimum absolute atomic E-state index is 0.0333. The van der Waals surface area contributed by atoms with Gasteiger partial charge in [-0.2, -0.15) is 0 Å². The molecule has 11 nitrogen and oxygen atoms in total. The first-order valence-corrected chi connectivity index (χ1v) is 20.6. The molecule has 0 radical (unpaired) electrons. The lowest BCUT2D eigenvalue weighted by Gasteiger charge is -2.71. The average molecular weight is 735 g/mol. The van der Waals surface area contributed by atoms with Crippen molar-refractivity contribution < 1.29 is 33.5 Å². The first-order valence-electron chi connectivity index (χ1n) is 20.6. The van der Waals surface area contributed by atoms with Crippen molar-refractivity contribution in [1.82, 2.24) is 4.90 Å². The highest BCUT2D eigenvalue weighted by molar-refractivity contribution is 5.93. The molecule has 7 saturated heterocycles. The predicted octanol–water partition coefficient (Wildman–Crippen LogP) is 4.18. The van der Waals surface area contributed by atoms with E-state index in [0.29, 0.717) is 45.7 Å². The number of para-hydroxylation sites is 2. The Kier molecular flexibility index (Phi) is 5.72. The normalized spacial score (nSPS) is 49.3. The lowest BCUT2D eigenvalue weighted by Crippen LogP contribution is -2.82. The Balaban J connectivity index is 1.03. The van der Waals surface area contributed by atoms with Gasteiger partial charge in [0, 0.05) is 73.3 Å². The number of carbonyl (C=O) groups is 1. The zero-order valence-corrected chi connectivity index (χ0v) is 31.3. The number of anilines is 2. The van der Waals surface area contributed by atoms with Crippen molar-refractivity contribution in [3.05, 3.63) is 70.1 Å². The highest BCUT2D eigenvalue weighted by Gasteiger charge is 2.86. The highest BCUT2D eigenvalue weighted by Crippen LogP contribution is 2.78. The lowest BCUT2D eigenvalue weighted by molar-refractivity contribution is -0.912. The van der Waals surface area contributed by atoms with E-state index in [2.05, 4.69) is 51.5 Å². The van der Waals surface area contributed by atoms with E-state index in [1.165, 1.54) is 12.7 Å². The molecular formula is C43H50N4O7. The van der Waals surface area contributed by atoms with Gasteiger partial charge in [-0.25, -0.2) is 4.79 Å². The Labute approximate surface area is 315 Å². The zero-order valence-electron chi connectivity index (χ0n) is 31.3. The van der Waals surface area contributed by atoms with Crippen LogP contribution in [0.3, 0.4) is 0 Å². The van der Waals surface area contributed by atoms with Gasteiger partial charge in [-0.15, -0.1) is 0 Å². The minimum atomic E-state index is -1.24. The molecule has 2 aromatic rings. The topological polar surface area (TPSA) is 116 Å². The molecule has 5 spiro atoms. The van der Waals surface area contributed by atoms with Crippen molar-refractivity contribution >= 4 is 17.3 Å². The number of esters is 1. The fourth-order valence-electron chi connectivity index (χ4n) is 17.1. The standard InChI is InChI=1S/C43H50N4O7/c1-51-30-9-5-7-28-32(30)46-24-38(20-25-21-39-13-18-53-31(39)10-16-47(50)17-12-42(28,36(39)47)43(25,46)49)23-45-15-11-41-27-6-3-4-8-29(27)44-33(41)26(34(48)52-2)22-40(35(41)45)14-19-54-37(38)40/h3-9,25,31,35-37,44,49H,10-24H2,1-2H3/t25-,31+,35+,36+,37+,38-,39-,40+,41+,42-,43-,47?/m1/s1. The van der Waals surface area contributed by atoms with Crippen molar-refractivity contribution in [2.75, 3.05) is 70.4 Å². The number of nitrogens with zero attached hydrogens (tertiary/aromatic N) is 3. The maximum Gasteiger partial charge on any atom is 0.335 e. The molecule has 2 N–H and O–H groups in total. The maximum atomic E-state index is 15.2. The predicted molar refractivity (Wildman–Crippen MR) is 197 cm³/mol. The Morgan fingerprint density at radius 3 is 2.69 bits per heavy atom. The molecule has 8 fully saturated rings. The summed E-state index contributed by atoms with van der Waals surface area (Å²) in [4.78, 5) is 19.1. The van der Waals surface area contributed by atoms with Crippen molar-refractivity contribution in [3.63, 3.8) is 0 Å². The van der Waals surface area contributed by atoms with Crippen molar-refractivity contribution in [2.24, 2.45) is 22.2 Å². The fraction of sp³-hybridized carbons (Fsp3) is 0.651. The van der Waals surface area contributed by atoms with Crippen LogP contribution in [0.4, 0.5) is 11.4 Å². The van der Waals surface area contributed by atoms with Gasteiger partial charge in [-0.05, 0) is 68.3 Å². The Hall–Kier alpha value is -3.19. The number of rotatable bonds is 2. The van der Waals surface area contributed by atoms with Gasteiger partial charge in [0.15, 0.2) is 5.72 Å². The molecule has 12 atom stereocenters. The average Bonchev–Trinajstić information content (AvgIpc) is 4.02. The van der Waals surface area contributed by atoms with E-state index >= 15 is 5.21 Å². The number of carbonyl (C=O) groups excluding carboxylic acids is 1. The van der Waals surface area contributed by atoms with Crippen molar-refractivity contribution in [1.29, 1.82) is 0 Å². The molecule has 2 aliphatic carbocycles. The van der Waals surface area contributed by atoms with Gasteiger partial charge in [0.25, 0.3) is 0 Å². The summed E-state index contributed by atoms with van der Waals surface area (Å²) in [5.74, 6) is 0.413. The first-order chi connectivity index (χ1) is 26.2. The van der Waals surface area contributed by atoms with Gasteiger partial charge in [0.1, 0.15) is 17.2 Å². The van der Waals surface area contributed by atoms with E-state index < -0.39 is 11.1 Å². The lowest BCUT2D eigenvalue weighted by atomic mass is 9.43. The van der Waals surface area contributed by atoms with E-state index in [1.807, 2.05) is 6.07 Å². The summed E-state index contributed by atoms with van der Waals surface area (Å²) >= 11 is 0. The molecule has 284 valence electrons. The summed E-state index contributed by atoms with van der Waals surface area (Å²) in [6.07, 6.45) is 6.19. The number of methoxy groups -OCH3 is 2. The maximum absolute atomic E-state index is 15.2. The third-order valence-electron chi connectivity index (χ3n) is 18.0. The van der Waals surface area contributed by atoms with Crippen LogP contribution in [0, 0.1) is 27.4 Å². The number of fused-ring (bicyclic) bond motifs is 4. The number of piperidine rings is 3. The van der Waals surface area contributed by atoms with Gasteiger partial charge in [0.05, 0.1) is 61.6 Å². The number of quaternary nitrogens is 1. The molecule has 11 heteroatoms. The van der Waals surface area contributed by atoms with Crippen LogP contribution in [0.5, 0.6) is 5.75 Å². The van der Waals surface area contributed by atoms with Crippen molar-refractivity contribution in [3.8, 4) is 5.75 Å². The van der Waals surface area contributed by atoms with Crippen LogP contribution >= 0.6 is 0 Å².